The molecule has 0 radical (unpaired) electrons. The molecular weight excluding hydrogens is 388 g/mol. The van der Waals surface area contributed by atoms with Crippen molar-refractivity contribution in [2.24, 2.45) is 0 Å². The minimum atomic E-state index is -0.574. The number of aryl methyl sites for hydroxylation is 1. The van der Waals surface area contributed by atoms with Crippen molar-refractivity contribution in [1.29, 1.82) is 0 Å². The van der Waals surface area contributed by atoms with Crippen molar-refractivity contribution in [3.05, 3.63) is 95.7 Å². The van der Waals surface area contributed by atoms with E-state index < -0.39 is 6.04 Å². The number of nitrogens with one attached hydrogen (secondary N) is 2. The van der Waals surface area contributed by atoms with Crippen molar-refractivity contribution in [2.75, 3.05) is 12.4 Å². The highest BCUT2D eigenvalue weighted by Crippen LogP contribution is 2.29. The van der Waals surface area contributed by atoms with Crippen LogP contribution < -0.4 is 15.4 Å². The third-order valence-electron chi connectivity index (χ3n) is 5.30. The fourth-order valence-corrected chi connectivity index (χ4v) is 3.64. The molecule has 5 heteroatoms. The smallest absolute Gasteiger partial charge is 0.246 e. The predicted octanol–water partition coefficient (Wildman–Crippen LogP) is 5.78. The summed E-state index contributed by atoms with van der Waals surface area (Å²) in [5.41, 5.74) is 3.38. The van der Waals surface area contributed by atoms with E-state index in [1.54, 1.807) is 7.11 Å². The Hall–Kier alpha value is -3.57. The molecule has 4 rings (SSSR count). The van der Waals surface area contributed by atoms with Crippen molar-refractivity contribution in [1.82, 2.24) is 5.32 Å². The zero-order valence-electron chi connectivity index (χ0n) is 17.9. The van der Waals surface area contributed by atoms with Crippen molar-refractivity contribution >= 4 is 22.6 Å². The maximum absolute atomic E-state index is 13.4. The van der Waals surface area contributed by atoms with Gasteiger partial charge in [0.05, 0.1) is 18.8 Å². The summed E-state index contributed by atoms with van der Waals surface area (Å²) in [4.78, 5) is 13.4. The quantitative estimate of drug-likeness (QED) is 0.402. The Morgan fingerprint density at radius 3 is 2.45 bits per heavy atom. The van der Waals surface area contributed by atoms with E-state index in [1.807, 2.05) is 92.7 Å². The third kappa shape index (κ3) is 4.62. The molecule has 2 N–H and O–H groups in total. The van der Waals surface area contributed by atoms with Gasteiger partial charge in [-0.1, -0.05) is 54.6 Å². The summed E-state index contributed by atoms with van der Waals surface area (Å²) < 4.78 is 11.4. The number of hydrogen-bond donors (Lipinski definition) is 2. The number of benzene rings is 3. The Morgan fingerprint density at radius 1 is 0.968 bits per heavy atom. The number of furan rings is 1. The molecule has 1 aromatic heterocycles. The molecule has 0 bridgehead atoms. The molecule has 0 aliphatic rings. The van der Waals surface area contributed by atoms with Crippen molar-refractivity contribution in [3.8, 4) is 5.75 Å². The fourth-order valence-electron chi connectivity index (χ4n) is 3.64. The van der Waals surface area contributed by atoms with Gasteiger partial charge in [0.1, 0.15) is 23.1 Å². The van der Waals surface area contributed by atoms with Crippen LogP contribution in [0, 0.1) is 6.92 Å². The maximum Gasteiger partial charge on any atom is 0.246 e. The first-order valence-corrected chi connectivity index (χ1v) is 10.3. The summed E-state index contributed by atoms with van der Waals surface area (Å²) >= 11 is 0. The maximum atomic E-state index is 13.4. The highest BCUT2D eigenvalue weighted by atomic mass is 16.5. The van der Waals surface area contributed by atoms with Crippen LogP contribution in [0.4, 0.5) is 5.69 Å². The van der Waals surface area contributed by atoms with Gasteiger partial charge in [0.2, 0.25) is 5.91 Å². The lowest BCUT2D eigenvalue weighted by atomic mass is 10.0. The summed E-state index contributed by atoms with van der Waals surface area (Å²) in [7, 11) is 1.59. The van der Waals surface area contributed by atoms with Gasteiger partial charge < -0.3 is 14.5 Å². The van der Waals surface area contributed by atoms with Crippen LogP contribution in [0.1, 0.15) is 35.9 Å². The number of para-hydroxylation sites is 1. The van der Waals surface area contributed by atoms with E-state index in [4.69, 9.17) is 9.15 Å². The molecule has 0 saturated carbocycles. The lowest BCUT2D eigenvalue weighted by Gasteiger charge is -2.23. The Labute approximate surface area is 182 Å². The third-order valence-corrected chi connectivity index (χ3v) is 5.30. The highest BCUT2D eigenvalue weighted by Gasteiger charge is 2.25. The number of ether oxygens (including phenoxy) is 1. The summed E-state index contributed by atoms with van der Waals surface area (Å²) in [6.45, 7) is 3.97. The van der Waals surface area contributed by atoms with E-state index in [0.717, 1.165) is 27.9 Å². The number of methoxy groups -OCH3 is 1. The summed E-state index contributed by atoms with van der Waals surface area (Å²) in [5, 5.41) is 7.50. The van der Waals surface area contributed by atoms with Crippen LogP contribution in [-0.2, 0) is 4.79 Å². The van der Waals surface area contributed by atoms with Crippen LogP contribution in [0.3, 0.4) is 0 Å². The second-order valence-corrected chi connectivity index (χ2v) is 7.61. The number of anilines is 1. The van der Waals surface area contributed by atoms with Gasteiger partial charge >= 0.3 is 0 Å². The number of amides is 1. The van der Waals surface area contributed by atoms with Crippen molar-refractivity contribution < 1.29 is 13.9 Å². The van der Waals surface area contributed by atoms with Gasteiger partial charge in [-0.3, -0.25) is 10.1 Å². The van der Waals surface area contributed by atoms with E-state index in [2.05, 4.69) is 10.6 Å². The summed E-state index contributed by atoms with van der Waals surface area (Å²) in [6.07, 6.45) is 0. The van der Waals surface area contributed by atoms with Gasteiger partial charge in [0.25, 0.3) is 0 Å². The Kier molecular flexibility index (Phi) is 6.05. The average Bonchev–Trinajstić information content (AvgIpc) is 3.22. The van der Waals surface area contributed by atoms with E-state index in [1.165, 1.54) is 0 Å². The van der Waals surface area contributed by atoms with Gasteiger partial charge in [0.15, 0.2) is 0 Å². The van der Waals surface area contributed by atoms with Gasteiger partial charge in [-0.15, -0.1) is 0 Å². The standard InChI is InChI=1S/C26H26N2O3/c1-17-13-14-23(30-3)21(15-17)28-26(29)25(19-9-5-4-6-10-19)27-18(2)24-16-20-11-7-8-12-22(20)31-24/h4-16,18,25,27H,1-3H3,(H,28,29)/t18-,25+/m1/s1. The lowest BCUT2D eigenvalue weighted by Crippen LogP contribution is -2.34. The Balaban J connectivity index is 1.61. The number of carbonyl (C=O) groups excluding carboxylic acids is 1. The van der Waals surface area contributed by atoms with Crippen LogP contribution in [0.2, 0.25) is 0 Å². The Bertz CT molecular complexity index is 1150. The molecule has 4 aromatic rings. The molecule has 1 amide bonds. The minimum absolute atomic E-state index is 0.168. The topological polar surface area (TPSA) is 63.5 Å². The first kappa shape index (κ1) is 20.7. The van der Waals surface area contributed by atoms with Crippen molar-refractivity contribution in [2.45, 2.75) is 25.9 Å². The van der Waals surface area contributed by atoms with Crippen LogP contribution in [0.5, 0.6) is 5.75 Å². The molecule has 0 spiro atoms. The summed E-state index contributed by atoms with van der Waals surface area (Å²) in [5.74, 6) is 1.23. The molecule has 1 heterocycles. The molecule has 0 aliphatic heterocycles. The number of hydrogen-bond acceptors (Lipinski definition) is 4. The molecule has 158 valence electrons. The molecule has 0 unspecified atom stereocenters. The SMILES string of the molecule is COc1ccc(C)cc1NC(=O)[C@@H](N[C@H](C)c1cc2ccccc2o1)c1ccccc1. The molecular formula is C26H26N2O3. The van der Waals surface area contributed by atoms with Crippen molar-refractivity contribution in [3.63, 3.8) is 0 Å². The monoisotopic (exact) mass is 414 g/mol. The number of carbonyl (C=O) groups is 1. The molecule has 31 heavy (non-hydrogen) atoms. The summed E-state index contributed by atoms with van der Waals surface area (Å²) in [6, 6.07) is 24.5. The Morgan fingerprint density at radius 2 is 1.71 bits per heavy atom. The second-order valence-electron chi connectivity index (χ2n) is 7.61. The molecule has 2 atom stereocenters. The second kappa shape index (κ2) is 9.06. The minimum Gasteiger partial charge on any atom is -0.495 e. The van der Waals surface area contributed by atoms with Gasteiger partial charge in [-0.2, -0.15) is 0 Å². The molecule has 0 aliphatic carbocycles. The lowest BCUT2D eigenvalue weighted by molar-refractivity contribution is -0.118. The van der Waals surface area contributed by atoms with E-state index in [9.17, 15) is 4.79 Å². The number of rotatable bonds is 7. The molecule has 0 fully saturated rings. The first-order valence-electron chi connectivity index (χ1n) is 10.3. The van der Waals surface area contributed by atoms with Gasteiger partial charge in [-0.25, -0.2) is 0 Å². The van der Waals surface area contributed by atoms with E-state index in [0.29, 0.717) is 11.4 Å². The normalized spacial score (nSPS) is 13.0. The largest absolute Gasteiger partial charge is 0.495 e. The molecule has 0 saturated heterocycles. The molecule has 3 aromatic carbocycles. The fraction of sp³-hybridized carbons (Fsp3) is 0.192. The van der Waals surface area contributed by atoms with Gasteiger partial charge in [-0.05, 0) is 49.2 Å². The van der Waals surface area contributed by atoms with Gasteiger partial charge in [0, 0.05) is 5.39 Å². The van der Waals surface area contributed by atoms with Crippen LogP contribution in [0.25, 0.3) is 11.0 Å². The van der Waals surface area contributed by atoms with E-state index >= 15 is 0 Å². The van der Waals surface area contributed by atoms with Crippen LogP contribution in [0.15, 0.2) is 83.3 Å². The highest BCUT2D eigenvalue weighted by molar-refractivity contribution is 5.97. The number of fused-ring (bicyclic) bond motifs is 1. The predicted molar refractivity (Wildman–Crippen MR) is 123 cm³/mol. The van der Waals surface area contributed by atoms with Crippen LogP contribution >= 0.6 is 0 Å². The first-order chi connectivity index (χ1) is 15.0. The zero-order chi connectivity index (χ0) is 21.8. The molecule has 5 nitrogen and oxygen atoms in total. The van der Waals surface area contributed by atoms with E-state index in [-0.39, 0.29) is 11.9 Å². The average molecular weight is 415 g/mol. The van der Waals surface area contributed by atoms with Crippen LogP contribution in [-0.4, -0.2) is 13.0 Å². The zero-order valence-corrected chi connectivity index (χ0v) is 17.9.